The number of benzene rings is 3. The standard InChI is InChI=1S/C41H56N4O5SSi2/c1-27(2)53(28(3)4,29(5)6)50-25-33-22-31(8)39-35(18-19-45(39)51(47,48)34-15-12-30(7)13-16-34)38(33)40(46)41-43-36-17-14-32(24-42)23-37(36)44(41)26-49-20-21-52(9,10)11/h12-19,22-23,27-29,40,46H,20-21,25-26H2,1-11H3. The molecule has 0 aliphatic rings. The SMILES string of the molecule is Cc1ccc(S(=O)(=O)n2ccc3c(C(O)c4nc5ccc(C#N)cc5n4COCC[Si](C)(C)C)c(CO[Si](C(C)C)(C(C)C)C(C)C)cc(C)c32)cc1. The molecule has 53 heavy (non-hydrogen) atoms. The molecular weight excluding hydrogens is 717 g/mol. The minimum absolute atomic E-state index is 0.135. The molecule has 1 N–H and O–H groups in total. The number of hydrogen-bond donors (Lipinski definition) is 1. The summed E-state index contributed by atoms with van der Waals surface area (Å²) in [5, 5.41) is 23.0. The molecule has 0 bridgehead atoms. The topological polar surface area (TPSA) is 119 Å². The number of fused-ring (bicyclic) bond motifs is 2. The third-order valence-corrected chi connectivity index (χ3v) is 20.1. The van der Waals surface area contributed by atoms with E-state index in [0.29, 0.717) is 62.1 Å². The average Bonchev–Trinajstić information content (AvgIpc) is 3.69. The molecule has 0 radical (unpaired) electrons. The zero-order valence-corrected chi connectivity index (χ0v) is 36.0. The molecule has 2 aromatic heterocycles. The Morgan fingerprint density at radius 3 is 2.15 bits per heavy atom. The minimum atomic E-state index is -3.97. The lowest BCUT2D eigenvalue weighted by Crippen LogP contribution is -2.47. The Morgan fingerprint density at radius 1 is 0.925 bits per heavy atom. The van der Waals surface area contributed by atoms with Crippen molar-refractivity contribution in [1.82, 2.24) is 13.5 Å². The van der Waals surface area contributed by atoms with Crippen LogP contribution in [0.3, 0.4) is 0 Å². The Bertz CT molecular complexity index is 2220. The quantitative estimate of drug-likeness (QED) is 0.0831. The third kappa shape index (κ3) is 7.97. The summed E-state index contributed by atoms with van der Waals surface area (Å²) in [6.45, 7) is 25.1. The first-order valence-corrected chi connectivity index (χ1v) is 25.9. The lowest BCUT2D eigenvalue weighted by Gasteiger charge is -2.42. The summed E-state index contributed by atoms with van der Waals surface area (Å²) >= 11 is 0. The van der Waals surface area contributed by atoms with Gasteiger partial charge < -0.3 is 18.8 Å². The fourth-order valence-electron chi connectivity index (χ4n) is 7.99. The van der Waals surface area contributed by atoms with E-state index in [1.54, 1.807) is 54.7 Å². The van der Waals surface area contributed by atoms with Gasteiger partial charge in [-0.25, -0.2) is 17.4 Å². The van der Waals surface area contributed by atoms with Crippen molar-refractivity contribution in [3.05, 3.63) is 94.4 Å². The van der Waals surface area contributed by atoms with Crippen molar-refractivity contribution >= 4 is 48.4 Å². The van der Waals surface area contributed by atoms with Crippen LogP contribution in [0.4, 0.5) is 0 Å². The van der Waals surface area contributed by atoms with Crippen molar-refractivity contribution in [2.75, 3.05) is 6.61 Å². The van der Waals surface area contributed by atoms with E-state index in [0.717, 1.165) is 22.7 Å². The van der Waals surface area contributed by atoms with Crippen molar-refractivity contribution in [2.45, 2.75) is 122 Å². The molecule has 1 atom stereocenters. The van der Waals surface area contributed by atoms with E-state index in [4.69, 9.17) is 14.1 Å². The molecule has 0 spiro atoms. The van der Waals surface area contributed by atoms with Crippen LogP contribution in [0.2, 0.25) is 42.3 Å². The van der Waals surface area contributed by atoms with Gasteiger partial charge >= 0.3 is 0 Å². The van der Waals surface area contributed by atoms with E-state index in [9.17, 15) is 18.8 Å². The number of aliphatic hydroxyl groups is 1. The molecule has 5 rings (SSSR count). The molecule has 0 aliphatic heterocycles. The van der Waals surface area contributed by atoms with Crippen molar-refractivity contribution in [3.63, 3.8) is 0 Å². The van der Waals surface area contributed by atoms with Gasteiger partial charge in [0.25, 0.3) is 10.0 Å². The highest BCUT2D eigenvalue weighted by Gasteiger charge is 2.45. The summed E-state index contributed by atoms with van der Waals surface area (Å²) in [7, 11) is -7.69. The van der Waals surface area contributed by atoms with Crippen LogP contribution >= 0.6 is 0 Å². The Balaban J connectivity index is 1.74. The van der Waals surface area contributed by atoms with Crippen LogP contribution in [0.5, 0.6) is 0 Å². The number of aromatic nitrogens is 3. The van der Waals surface area contributed by atoms with E-state index in [2.05, 4.69) is 67.3 Å². The number of nitriles is 1. The summed E-state index contributed by atoms with van der Waals surface area (Å²) in [5.74, 6) is 0.351. The van der Waals surface area contributed by atoms with Crippen LogP contribution in [0, 0.1) is 25.2 Å². The van der Waals surface area contributed by atoms with Gasteiger partial charge in [0, 0.05) is 31.8 Å². The highest BCUT2D eigenvalue weighted by molar-refractivity contribution is 7.90. The Hall–Kier alpha value is -3.58. The summed E-state index contributed by atoms with van der Waals surface area (Å²) in [6.07, 6.45) is 0.298. The van der Waals surface area contributed by atoms with Crippen molar-refractivity contribution < 1.29 is 22.7 Å². The molecule has 284 valence electrons. The first-order valence-electron chi connectivity index (χ1n) is 18.6. The van der Waals surface area contributed by atoms with E-state index < -0.39 is 32.5 Å². The molecule has 1 unspecified atom stereocenters. The van der Waals surface area contributed by atoms with Gasteiger partial charge in [-0.1, -0.05) is 84.9 Å². The van der Waals surface area contributed by atoms with Crippen LogP contribution in [-0.4, -0.2) is 50.0 Å². The maximum atomic E-state index is 14.2. The van der Waals surface area contributed by atoms with Crippen LogP contribution in [0.25, 0.3) is 21.9 Å². The number of ether oxygens (including phenoxy) is 1. The van der Waals surface area contributed by atoms with Gasteiger partial charge in [0.15, 0.2) is 0 Å². The van der Waals surface area contributed by atoms with Gasteiger partial charge in [-0.15, -0.1) is 0 Å². The molecule has 3 aromatic carbocycles. The normalized spacial score (nSPS) is 13.5. The third-order valence-electron chi connectivity index (χ3n) is 10.7. The van der Waals surface area contributed by atoms with Crippen molar-refractivity contribution in [1.29, 1.82) is 5.26 Å². The zero-order chi connectivity index (χ0) is 39.0. The lowest BCUT2D eigenvalue weighted by atomic mass is 9.95. The molecule has 0 fully saturated rings. The van der Waals surface area contributed by atoms with Gasteiger partial charge in [-0.3, -0.25) is 0 Å². The molecule has 0 amide bonds. The average molecular weight is 773 g/mol. The van der Waals surface area contributed by atoms with Crippen LogP contribution in [0.15, 0.2) is 65.7 Å². The monoisotopic (exact) mass is 772 g/mol. The molecular formula is C41H56N4O5SSi2. The minimum Gasteiger partial charge on any atom is -0.412 e. The second-order valence-corrected chi connectivity index (χ2v) is 29.4. The number of aryl methyl sites for hydroxylation is 2. The van der Waals surface area contributed by atoms with Gasteiger partial charge in [0.2, 0.25) is 8.32 Å². The second-order valence-electron chi connectivity index (χ2n) is 16.5. The fourth-order valence-corrected chi connectivity index (χ4v) is 15.6. The second kappa shape index (κ2) is 15.6. The van der Waals surface area contributed by atoms with Gasteiger partial charge in [-0.2, -0.15) is 5.26 Å². The number of nitrogens with zero attached hydrogens (tertiary/aromatic N) is 4. The van der Waals surface area contributed by atoms with E-state index in [1.807, 2.05) is 24.5 Å². The number of hydrogen-bond acceptors (Lipinski definition) is 7. The lowest BCUT2D eigenvalue weighted by molar-refractivity contribution is 0.0814. The van der Waals surface area contributed by atoms with Gasteiger partial charge in [0.1, 0.15) is 18.7 Å². The Morgan fingerprint density at radius 2 is 1.57 bits per heavy atom. The Kier molecular flexibility index (Phi) is 12.0. The molecule has 12 heteroatoms. The van der Waals surface area contributed by atoms with E-state index in [1.165, 1.54) is 3.97 Å². The highest BCUT2D eigenvalue weighted by atomic mass is 32.2. The molecule has 9 nitrogen and oxygen atoms in total. The maximum Gasteiger partial charge on any atom is 0.268 e. The van der Waals surface area contributed by atoms with Crippen molar-refractivity contribution in [3.8, 4) is 6.07 Å². The molecule has 0 saturated carbocycles. The van der Waals surface area contributed by atoms with Crippen LogP contribution in [-0.2, 0) is 32.5 Å². The molecule has 0 saturated heterocycles. The van der Waals surface area contributed by atoms with Crippen molar-refractivity contribution in [2.24, 2.45) is 0 Å². The molecule has 2 heterocycles. The number of aliphatic hydroxyl groups excluding tert-OH is 1. The summed E-state index contributed by atoms with van der Waals surface area (Å²) in [4.78, 5) is 5.12. The molecule has 5 aromatic rings. The maximum absolute atomic E-state index is 14.2. The highest BCUT2D eigenvalue weighted by Crippen LogP contribution is 2.44. The van der Waals surface area contributed by atoms with Crippen LogP contribution < -0.4 is 0 Å². The van der Waals surface area contributed by atoms with Gasteiger partial charge in [0.05, 0.1) is 39.7 Å². The molecule has 0 aliphatic carbocycles. The zero-order valence-electron chi connectivity index (χ0n) is 33.2. The van der Waals surface area contributed by atoms with E-state index >= 15 is 0 Å². The van der Waals surface area contributed by atoms with Gasteiger partial charge in [-0.05, 0) is 84.0 Å². The number of rotatable bonds is 15. The number of imidazole rings is 1. The largest absolute Gasteiger partial charge is 0.412 e. The van der Waals surface area contributed by atoms with Crippen LogP contribution in [0.1, 0.15) is 81.3 Å². The smallest absolute Gasteiger partial charge is 0.268 e. The fraction of sp³-hybridized carbons (Fsp3) is 0.463. The summed E-state index contributed by atoms with van der Waals surface area (Å²) in [6, 6.07) is 19.0. The first kappa shape index (κ1) is 40.6. The predicted octanol–water partition coefficient (Wildman–Crippen LogP) is 9.80. The Labute approximate surface area is 317 Å². The summed E-state index contributed by atoms with van der Waals surface area (Å²) in [5.41, 5.74) is 6.33. The predicted molar refractivity (Wildman–Crippen MR) is 219 cm³/mol. The first-order chi connectivity index (χ1) is 24.8. The van der Waals surface area contributed by atoms with E-state index in [-0.39, 0.29) is 18.2 Å². The summed E-state index contributed by atoms with van der Waals surface area (Å²) < 4.78 is 44.9.